The fraction of sp³-hybridized carbons (Fsp3) is 0.652. The van der Waals surface area contributed by atoms with Gasteiger partial charge >= 0.3 is 0 Å². The lowest BCUT2D eigenvalue weighted by Gasteiger charge is -2.45. The van der Waals surface area contributed by atoms with Gasteiger partial charge in [0.05, 0.1) is 19.3 Å². The van der Waals surface area contributed by atoms with Crippen LogP contribution in [0.15, 0.2) is 42.0 Å². The Morgan fingerprint density at radius 3 is 2.56 bits per heavy atom. The Bertz CT molecular complexity index is 636. The van der Waals surface area contributed by atoms with Crippen LogP contribution in [0.2, 0.25) is 18.1 Å². The fourth-order valence-corrected chi connectivity index (χ4v) is 4.91. The highest BCUT2D eigenvalue weighted by Crippen LogP contribution is 2.37. The van der Waals surface area contributed by atoms with Gasteiger partial charge in [0.1, 0.15) is 0 Å². The van der Waals surface area contributed by atoms with Crippen LogP contribution in [0, 0.1) is 0 Å². The van der Waals surface area contributed by atoms with E-state index < -0.39 is 8.32 Å². The molecule has 2 heterocycles. The van der Waals surface area contributed by atoms with Crippen molar-refractivity contribution in [1.82, 2.24) is 4.90 Å². The predicted octanol–water partition coefficient (Wildman–Crippen LogP) is 5.39. The summed E-state index contributed by atoms with van der Waals surface area (Å²) in [4.78, 5) is 2.63. The van der Waals surface area contributed by atoms with Gasteiger partial charge in [-0.1, -0.05) is 62.8 Å². The van der Waals surface area contributed by atoms with Crippen LogP contribution in [0.5, 0.6) is 0 Å². The first-order valence-corrected chi connectivity index (χ1v) is 13.4. The lowest BCUT2D eigenvalue weighted by molar-refractivity contribution is -0.0442. The van der Waals surface area contributed by atoms with Gasteiger partial charge in [-0.3, -0.25) is 4.90 Å². The summed E-state index contributed by atoms with van der Waals surface area (Å²) in [6.45, 7) is 15.2. The molecule has 2 atom stereocenters. The second-order valence-electron chi connectivity index (χ2n) is 9.66. The molecule has 0 N–H and O–H groups in total. The lowest BCUT2D eigenvalue weighted by Crippen LogP contribution is -2.53. The molecular weight excluding hydrogens is 350 g/mol. The number of ether oxygens (including phenoxy) is 1. The summed E-state index contributed by atoms with van der Waals surface area (Å²) in [5, 5.41) is 0.295. The monoisotopic (exact) mass is 387 g/mol. The van der Waals surface area contributed by atoms with Gasteiger partial charge in [-0.05, 0) is 43.0 Å². The molecule has 0 saturated carbocycles. The Labute approximate surface area is 166 Å². The van der Waals surface area contributed by atoms with Crippen LogP contribution in [-0.4, -0.2) is 45.1 Å². The van der Waals surface area contributed by atoms with Crippen molar-refractivity contribution in [1.29, 1.82) is 0 Å². The van der Waals surface area contributed by atoms with Gasteiger partial charge in [0.2, 0.25) is 0 Å². The first kappa shape index (κ1) is 20.8. The molecule has 3 nitrogen and oxygen atoms in total. The van der Waals surface area contributed by atoms with Gasteiger partial charge in [-0.2, -0.15) is 0 Å². The highest BCUT2D eigenvalue weighted by Gasteiger charge is 2.37. The standard InChI is InChI=1S/C23H37NO2Si/c1-23(2,3)27(4,5)26-13-9-12-20-14-21-17-25-18-22(15-20)24(21)16-19-10-7-6-8-11-19/h6-8,10-11,14,21-22H,9,12-13,15-18H2,1-5H3. The summed E-state index contributed by atoms with van der Waals surface area (Å²) in [6, 6.07) is 11.8. The second-order valence-corrected chi connectivity index (χ2v) is 14.5. The molecule has 0 aliphatic carbocycles. The number of hydrogen-bond donors (Lipinski definition) is 0. The first-order valence-electron chi connectivity index (χ1n) is 10.5. The van der Waals surface area contributed by atoms with Crippen molar-refractivity contribution in [2.75, 3.05) is 19.8 Å². The van der Waals surface area contributed by atoms with Crippen LogP contribution in [0.1, 0.15) is 45.6 Å². The van der Waals surface area contributed by atoms with E-state index in [0.29, 0.717) is 17.1 Å². The molecule has 0 spiro atoms. The third-order valence-electron chi connectivity index (χ3n) is 6.54. The van der Waals surface area contributed by atoms with Gasteiger partial charge in [0, 0.05) is 19.2 Å². The Kier molecular flexibility index (Phi) is 6.62. The van der Waals surface area contributed by atoms with E-state index in [9.17, 15) is 0 Å². The molecule has 1 aromatic rings. The van der Waals surface area contributed by atoms with Crippen molar-refractivity contribution >= 4 is 8.32 Å². The summed E-state index contributed by atoms with van der Waals surface area (Å²) in [7, 11) is -1.62. The van der Waals surface area contributed by atoms with Crippen molar-refractivity contribution in [3.05, 3.63) is 47.5 Å². The van der Waals surface area contributed by atoms with E-state index in [4.69, 9.17) is 9.16 Å². The van der Waals surface area contributed by atoms with E-state index in [2.05, 4.69) is 75.2 Å². The smallest absolute Gasteiger partial charge is 0.191 e. The molecule has 1 fully saturated rings. The largest absolute Gasteiger partial charge is 0.417 e. The molecule has 2 unspecified atom stereocenters. The maximum absolute atomic E-state index is 6.36. The molecule has 1 saturated heterocycles. The summed E-state index contributed by atoms with van der Waals surface area (Å²) in [6.07, 6.45) is 5.92. The van der Waals surface area contributed by atoms with Crippen LogP contribution >= 0.6 is 0 Å². The van der Waals surface area contributed by atoms with E-state index in [-0.39, 0.29) is 0 Å². The average molecular weight is 388 g/mol. The molecule has 3 rings (SSSR count). The minimum absolute atomic E-state index is 0.295. The maximum Gasteiger partial charge on any atom is 0.191 e. The lowest BCUT2D eigenvalue weighted by atomic mass is 9.91. The topological polar surface area (TPSA) is 21.7 Å². The van der Waals surface area contributed by atoms with Crippen molar-refractivity contribution in [3.63, 3.8) is 0 Å². The van der Waals surface area contributed by atoms with E-state index in [1.165, 1.54) is 12.0 Å². The molecule has 2 aliphatic rings. The molecule has 2 bridgehead atoms. The van der Waals surface area contributed by atoms with Crippen molar-refractivity contribution in [2.24, 2.45) is 0 Å². The summed E-state index contributed by atoms with van der Waals surface area (Å²) in [5.74, 6) is 0. The zero-order chi connectivity index (χ0) is 19.5. The molecular formula is C23H37NO2Si. The summed E-state index contributed by atoms with van der Waals surface area (Å²) >= 11 is 0. The molecule has 0 aromatic heterocycles. The van der Waals surface area contributed by atoms with Crippen molar-refractivity contribution in [3.8, 4) is 0 Å². The number of hydrogen-bond acceptors (Lipinski definition) is 3. The number of nitrogens with zero attached hydrogens (tertiary/aromatic N) is 1. The van der Waals surface area contributed by atoms with Gasteiger partial charge in [-0.25, -0.2) is 0 Å². The van der Waals surface area contributed by atoms with Crippen LogP contribution < -0.4 is 0 Å². The molecule has 0 amide bonds. The Morgan fingerprint density at radius 1 is 1.15 bits per heavy atom. The zero-order valence-corrected chi connectivity index (χ0v) is 18.8. The number of rotatable bonds is 7. The minimum Gasteiger partial charge on any atom is -0.417 e. The van der Waals surface area contributed by atoms with Crippen LogP contribution in [0.3, 0.4) is 0 Å². The highest BCUT2D eigenvalue weighted by molar-refractivity contribution is 6.74. The highest BCUT2D eigenvalue weighted by atomic mass is 28.4. The first-order chi connectivity index (χ1) is 12.8. The number of morpholine rings is 1. The maximum atomic E-state index is 6.36. The van der Waals surface area contributed by atoms with Gasteiger partial charge in [0.25, 0.3) is 0 Å². The SMILES string of the molecule is CC(C)(C)[Si](C)(C)OCCCC1=CC2COCC(C1)N2Cc1ccccc1. The van der Waals surface area contributed by atoms with Crippen LogP contribution in [0.4, 0.5) is 0 Å². The predicted molar refractivity (Wildman–Crippen MR) is 115 cm³/mol. The van der Waals surface area contributed by atoms with E-state index in [1.807, 2.05) is 0 Å². The summed E-state index contributed by atoms with van der Waals surface area (Å²) in [5.41, 5.74) is 3.01. The van der Waals surface area contributed by atoms with E-state index in [0.717, 1.165) is 39.2 Å². The molecule has 27 heavy (non-hydrogen) atoms. The zero-order valence-electron chi connectivity index (χ0n) is 17.8. The Balaban J connectivity index is 1.53. The molecule has 1 aromatic carbocycles. The van der Waals surface area contributed by atoms with Crippen LogP contribution in [-0.2, 0) is 15.7 Å². The molecule has 4 heteroatoms. The van der Waals surface area contributed by atoms with Crippen LogP contribution in [0.25, 0.3) is 0 Å². The van der Waals surface area contributed by atoms with E-state index in [1.54, 1.807) is 5.57 Å². The third kappa shape index (κ3) is 5.32. The quantitative estimate of drug-likeness (QED) is 0.356. The van der Waals surface area contributed by atoms with Crippen molar-refractivity contribution in [2.45, 2.75) is 76.8 Å². The van der Waals surface area contributed by atoms with Crippen molar-refractivity contribution < 1.29 is 9.16 Å². The molecule has 150 valence electrons. The second kappa shape index (κ2) is 8.60. The normalized spacial score (nSPS) is 24.0. The van der Waals surface area contributed by atoms with Gasteiger partial charge in [-0.15, -0.1) is 0 Å². The fourth-order valence-electron chi connectivity index (χ4n) is 3.82. The van der Waals surface area contributed by atoms with Gasteiger partial charge < -0.3 is 9.16 Å². The third-order valence-corrected chi connectivity index (χ3v) is 11.1. The Morgan fingerprint density at radius 2 is 1.89 bits per heavy atom. The minimum atomic E-state index is -1.62. The average Bonchev–Trinajstić information content (AvgIpc) is 2.59. The summed E-state index contributed by atoms with van der Waals surface area (Å²) < 4.78 is 12.2. The number of fused-ring (bicyclic) bond motifs is 2. The molecule has 0 radical (unpaired) electrons. The van der Waals surface area contributed by atoms with Gasteiger partial charge in [0.15, 0.2) is 8.32 Å². The molecule has 2 aliphatic heterocycles. The number of benzene rings is 1. The van der Waals surface area contributed by atoms with E-state index >= 15 is 0 Å². The Hall–Kier alpha value is -0.943.